The van der Waals surface area contributed by atoms with E-state index < -0.39 is 0 Å². The number of hydrogen-bond acceptors (Lipinski definition) is 4. The fraction of sp³-hybridized carbons (Fsp3) is 0.500. The van der Waals surface area contributed by atoms with E-state index in [1.54, 1.807) is 11.3 Å². The predicted octanol–water partition coefficient (Wildman–Crippen LogP) is 3.19. The van der Waals surface area contributed by atoms with Crippen LogP contribution in [0.4, 0.5) is 5.82 Å². The van der Waals surface area contributed by atoms with Gasteiger partial charge in [0.05, 0.1) is 0 Å². The fourth-order valence-electron chi connectivity index (χ4n) is 2.55. The molecule has 1 aliphatic heterocycles. The summed E-state index contributed by atoms with van der Waals surface area (Å²) in [7, 11) is 0. The van der Waals surface area contributed by atoms with Crippen molar-refractivity contribution in [2.75, 3.05) is 31.5 Å². The van der Waals surface area contributed by atoms with Gasteiger partial charge in [-0.15, -0.1) is 11.3 Å². The molecular formula is C14H19N3S. The van der Waals surface area contributed by atoms with Gasteiger partial charge in [0.15, 0.2) is 0 Å². The van der Waals surface area contributed by atoms with Crippen molar-refractivity contribution >= 4 is 27.2 Å². The normalized spacial score (nSPS) is 16.4. The number of nitrogens with one attached hydrogen (secondary N) is 1. The lowest BCUT2D eigenvalue weighted by molar-refractivity contribution is 0.337. The SMILES string of the molecule is c1cc2sccc2c(NCCCN2CCCC2)n1. The fourth-order valence-corrected chi connectivity index (χ4v) is 3.33. The molecule has 0 atom stereocenters. The number of likely N-dealkylation sites (tertiary alicyclic amines) is 1. The third-order valence-electron chi connectivity index (χ3n) is 3.52. The zero-order valence-corrected chi connectivity index (χ0v) is 11.4. The number of nitrogens with zero attached hydrogens (tertiary/aromatic N) is 2. The van der Waals surface area contributed by atoms with Gasteiger partial charge in [-0.2, -0.15) is 0 Å². The first-order valence-electron chi connectivity index (χ1n) is 6.72. The highest BCUT2D eigenvalue weighted by Gasteiger charge is 2.10. The van der Waals surface area contributed by atoms with Crippen molar-refractivity contribution in [3.8, 4) is 0 Å². The highest BCUT2D eigenvalue weighted by Crippen LogP contribution is 2.25. The second-order valence-electron chi connectivity index (χ2n) is 4.82. The van der Waals surface area contributed by atoms with E-state index in [4.69, 9.17) is 0 Å². The van der Waals surface area contributed by atoms with E-state index in [9.17, 15) is 0 Å². The summed E-state index contributed by atoms with van der Waals surface area (Å²) in [6, 6.07) is 4.23. The number of anilines is 1. The van der Waals surface area contributed by atoms with Gasteiger partial charge in [0.25, 0.3) is 0 Å². The Morgan fingerprint density at radius 2 is 2.17 bits per heavy atom. The molecule has 0 spiro atoms. The Morgan fingerprint density at radius 3 is 3.06 bits per heavy atom. The first-order valence-corrected chi connectivity index (χ1v) is 7.60. The maximum atomic E-state index is 4.43. The third kappa shape index (κ3) is 2.65. The molecule has 0 unspecified atom stereocenters. The number of hydrogen-bond donors (Lipinski definition) is 1. The predicted molar refractivity (Wildman–Crippen MR) is 78.4 cm³/mol. The van der Waals surface area contributed by atoms with Gasteiger partial charge in [-0.25, -0.2) is 4.98 Å². The Balaban J connectivity index is 1.51. The molecule has 3 rings (SSSR count). The smallest absolute Gasteiger partial charge is 0.134 e. The highest BCUT2D eigenvalue weighted by atomic mass is 32.1. The van der Waals surface area contributed by atoms with Crippen LogP contribution in [0.3, 0.4) is 0 Å². The Kier molecular flexibility index (Phi) is 3.76. The second-order valence-corrected chi connectivity index (χ2v) is 5.77. The van der Waals surface area contributed by atoms with Gasteiger partial charge < -0.3 is 10.2 Å². The Morgan fingerprint density at radius 1 is 1.28 bits per heavy atom. The van der Waals surface area contributed by atoms with Crippen molar-refractivity contribution < 1.29 is 0 Å². The monoisotopic (exact) mass is 261 g/mol. The quantitative estimate of drug-likeness (QED) is 0.838. The standard InChI is InChI=1S/C14H19N3S/c1-2-9-17(8-1)10-3-6-15-14-12-5-11-18-13(12)4-7-16-14/h4-5,7,11H,1-3,6,8-10H2,(H,15,16). The number of rotatable bonds is 5. The maximum Gasteiger partial charge on any atom is 0.134 e. The summed E-state index contributed by atoms with van der Waals surface area (Å²) in [5.41, 5.74) is 0. The van der Waals surface area contributed by atoms with Gasteiger partial charge in [0.1, 0.15) is 5.82 Å². The summed E-state index contributed by atoms with van der Waals surface area (Å²) in [5, 5.41) is 6.85. The molecule has 1 aliphatic rings. The molecule has 18 heavy (non-hydrogen) atoms. The van der Waals surface area contributed by atoms with Crippen molar-refractivity contribution in [3.63, 3.8) is 0 Å². The number of thiophene rings is 1. The van der Waals surface area contributed by atoms with E-state index in [0.29, 0.717) is 0 Å². The molecular weight excluding hydrogens is 242 g/mol. The van der Waals surface area contributed by atoms with Crippen LogP contribution >= 0.6 is 11.3 Å². The van der Waals surface area contributed by atoms with Crippen LogP contribution in [-0.2, 0) is 0 Å². The first kappa shape index (κ1) is 11.9. The largest absolute Gasteiger partial charge is 0.369 e. The van der Waals surface area contributed by atoms with Crippen LogP contribution in [0.5, 0.6) is 0 Å². The number of aromatic nitrogens is 1. The molecule has 3 nitrogen and oxygen atoms in total. The topological polar surface area (TPSA) is 28.2 Å². The third-order valence-corrected chi connectivity index (χ3v) is 4.40. The van der Waals surface area contributed by atoms with Crippen LogP contribution in [0.15, 0.2) is 23.7 Å². The number of pyridine rings is 1. The first-order chi connectivity index (χ1) is 8.93. The van der Waals surface area contributed by atoms with Gasteiger partial charge in [-0.05, 0) is 56.4 Å². The minimum atomic E-state index is 1.01. The molecule has 0 bridgehead atoms. The van der Waals surface area contributed by atoms with E-state index >= 15 is 0 Å². The van der Waals surface area contributed by atoms with Crippen LogP contribution in [0.25, 0.3) is 10.1 Å². The Hall–Kier alpha value is -1.13. The molecule has 1 saturated heterocycles. The van der Waals surface area contributed by atoms with Crippen LogP contribution in [-0.4, -0.2) is 36.1 Å². The van der Waals surface area contributed by atoms with Crippen molar-refractivity contribution in [2.24, 2.45) is 0 Å². The molecule has 2 aromatic rings. The summed E-state index contributed by atoms with van der Waals surface area (Å²) in [5.74, 6) is 1.04. The van der Waals surface area contributed by atoms with Crippen LogP contribution in [0.2, 0.25) is 0 Å². The van der Waals surface area contributed by atoms with E-state index in [2.05, 4.69) is 32.7 Å². The van der Waals surface area contributed by atoms with Crippen molar-refractivity contribution in [1.29, 1.82) is 0 Å². The molecule has 3 heterocycles. The minimum absolute atomic E-state index is 1.01. The van der Waals surface area contributed by atoms with Crippen molar-refractivity contribution in [3.05, 3.63) is 23.7 Å². The maximum absolute atomic E-state index is 4.43. The highest BCUT2D eigenvalue weighted by molar-refractivity contribution is 7.17. The zero-order chi connectivity index (χ0) is 12.2. The molecule has 0 aliphatic carbocycles. The van der Waals surface area contributed by atoms with Gasteiger partial charge >= 0.3 is 0 Å². The lowest BCUT2D eigenvalue weighted by Crippen LogP contribution is -2.22. The van der Waals surface area contributed by atoms with Crippen LogP contribution in [0.1, 0.15) is 19.3 Å². The van der Waals surface area contributed by atoms with E-state index in [-0.39, 0.29) is 0 Å². The molecule has 2 aromatic heterocycles. The summed E-state index contributed by atoms with van der Waals surface area (Å²) in [6.45, 7) is 4.81. The molecule has 0 aromatic carbocycles. The van der Waals surface area contributed by atoms with Gasteiger partial charge in [0, 0.05) is 22.8 Å². The summed E-state index contributed by atoms with van der Waals surface area (Å²) in [6.07, 6.45) is 5.84. The van der Waals surface area contributed by atoms with Gasteiger partial charge in [0.2, 0.25) is 0 Å². The van der Waals surface area contributed by atoms with Crippen LogP contribution < -0.4 is 5.32 Å². The van der Waals surface area contributed by atoms with E-state index in [1.165, 1.54) is 49.0 Å². The molecule has 1 fully saturated rings. The van der Waals surface area contributed by atoms with Crippen molar-refractivity contribution in [1.82, 2.24) is 9.88 Å². The van der Waals surface area contributed by atoms with E-state index in [0.717, 1.165) is 12.4 Å². The molecule has 1 N–H and O–H groups in total. The Bertz CT molecular complexity index is 502. The lowest BCUT2D eigenvalue weighted by atomic mass is 10.3. The summed E-state index contributed by atoms with van der Waals surface area (Å²) < 4.78 is 1.31. The Labute approximate surface area is 112 Å². The molecule has 4 heteroatoms. The van der Waals surface area contributed by atoms with Crippen LogP contribution in [0, 0.1) is 0 Å². The van der Waals surface area contributed by atoms with Crippen molar-refractivity contribution in [2.45, 2.75) is 19.3 Å². The molecule has 0 radical (unpaired) electrons. The average molecular weight is 261 g/mol. The summed E-state index contributed by atoms with van der Waals surface area (Å²) >= 11 is 1.77. The average Bonchev–Trinajstić information content (AvgIpc) is 3.05. The lowest BCUT2D eigenvalue weighted by Gasteiger charge is -2.14. The zero-order valence-electron chi connectivity index (χ0n) is 10.6. The molecule has 0 saturated carbocycles. The second kappa shape index (κ2) is 5.67. The molecule has 0 amide bonds. The molecule has 96 valence electrons. The summed E-state index contributed by atoms with van der Waals surface area (Å²) in [4.78, 5) is 6.99. The van der Waals surface area contributed by atoms with E-state index in [1.807, 2.05) is 6.20 Å². The number of fused-ring (bicyclic) bond motifs is 1. The minimum Gasteiger partial charge on any atom is -0.369 e. The van der Waals surface area contributed by atoms with Gasteiger partial charge in [-0.3, -0.25) is 0 Å². The van der Waals surface area contributed by atoms with Gasteiger partial charge in [-0.1, -0.05) is 0 Å².